The van der Waals surface area contributed by atoms with Crippen molar-refractivity contribution in [3.8, 4) is 0 Å². The number of thioether (sulfide) groups is 1. The first-order chi connectivity index (χ1) is 10.7. The fraction of sp³-hybridized carbons (Fsp3) is 0.692. The third-order valence-electron chi connectivity index (χ3n) is 3.33. The van der Waals surface area contributed by atoms with Crippen LogP contribution in [-0.4, -0.2) is 71.9 Å². The van der Waals surface area contributed by atoms with Crippen LogP contribution in [0.3, 0.4) is 0 Å². The maximum Gasteiger partial charge on any atom is 0.329 e. The number of H-pyrrole nitrogens is 1. The molecule has 0 saturated carbocycles. The smallest absolute Gasteiger partial charge is 0.329 e. The van der Waals surface area contributed by atoms with E-state index < -0.39 is 47.6 Å². The maximum absolute atomic E-state index is 11.9. The molecule has 132 valence electrons. The van der Waals surface area contributed by atoms with E-state index in [1.54, 1.807) is 6.92 Å². The van der Waals surface area contributed by atoms with E-state index in [2.05, 4.69) is 4.98 Å². The molecule has 0 aliphatic heterocycles. The normalized spacial score (nSPS) is 18.2. The average molecular weight is 350 g/mol. The van der Waals surface area contributed by atoms with Crippen LogP contribution in [0.1, 0.15) is 17.9 Å². The minimum absolute atomic E-state index is 0.240. The zero-order valence-corrected chi connectivity index (χ0v) is 13.6. The van der Waals surface area contributed by atoms with Crippen LogP contribution in [0.4, 0.5) is 0 Å². The number of aromatic amines is 1. The lowest BCUT2D eigenvalue weighted by atomic mass is 10.0. The van der Waals surface area contributed by atoms with Gasteiger partial charge in [-0.1, -0.05) is 6.92 Å². The summed E-state index contributed by atoms with van der Waals surface area (Å²) in [6, 6.07) is 0. The summed E-state index contributed by atoms with van der Waals surface area (Å²) in [7, 11) is 0. The monoisotopic (exact) mass is 350 g/mol. The molecular weight excluding hydrogens is 328 g/mol. The fourth-order valence-electron chi connectivity index (χ4n) is 2.00. The number of nitrogens with one attached hydrogen (secondary N) is 1. The summed E-state index contributed by atoms with van der Waals surface area (Å²) >= 11 is 1.11. The Bertz CT molecular complexity index is 617. The molecule has 0 unspecified atom stereocenters. The highest BCUT2D eigenvalue weighted by Crippen LogP contribution is 2.28. The van der Waals surface area contributed by atoms with E-state index in [1.807, 2.05) is 0 Å². The van der Waals surface area contributed by atoms with Gasteiger partial charge in [-0.3, -0.25) is 14.3 Å². The molecule has 0 spiro atoms. The number of nitrogens with zero attached hydrogens (tertiary/aromatic N) is 1. The van der Waals surface area contributed by atoms with Crippen LogP contribution in [0, 0.1) is 6.92 Å². The summed E-state index contributed by atoms with van der Waals surface area (Å²) in [6.07, 6.45) is -5.62. The van der Waals surface area contributed by atoms with E-state index in [-0.39, 0.29) is 5.56 Å². The van der Waals surface area contributed by atoms with Gasteiger partial charge in [0.1, 0.15) is 29.8 Å². The van der Waals surface area contributed by atoms with E-state index in [0.717, 1.165) is 16.3 Å². The topological polar surface area (TPSA) is 156 Å². The standard InChI is InChI=1S/C13H22N2O7S/c1-3-23-12(10(20)9(19)8(18)7(17)5-16)15-4-6(2)11(21)14-13(15)22/h4,7-10,12,16-20H,3,5H2,1-2H3,(H,14,21,22)/t7-,8-,9-,10+,12+/m1/s1. The largest absolute Gasteiger partial charge is 0.394 e. The number of rotatable bonds is 8. The Morgan fingerprint density at radius 3 is 2.30 bits per heavy atom. The highest BCUT2D eigenvalue weighted by molar-refractivity contribution is 7.99. The predicted octanol–water partition coefficient (Wildman–Crippen LogP) is -2.47. The zero-order chi connectivity index (χ0) is 17.7. The lowest BCUT2D eigenvalue weighted by Gasteiger charge is -2.31. The van der Waals surface area contributed by atoms with Gasteiger partial charge in [0, 0.05) is 11.8 Å². The van der Waals surface area contributed by atoms with Gasteiger partial charge in [-0.15, -0.1) is 11.8 Å². The van der Waals surface area contributed by atoms with Crippen molar-refractivity contribution < 1.29 is 25.5 Å². The van der Waals surface area contributed by atoms with Crippen molar-refractivity contribution in [3.05, 3.63) is 32.6 Å². The Balaban J connectivity index is 3.18. The number of aliphatic hydroxyl groups is 5. The lowest BCUT2D eigenvalue weighted by molar-refractivity contribution is -0.118. The molecule has 0 aliphatic rings. The molecule has 0 saturated heterocycles. The average Bonchev–Trinajstić information content (AvgIpc) is 2.53. The third kappa shape index (κ3) is 4.66. The highest BCUT2D eigenvalue weighted by Gasteiger charge is 2.36. The summed E-state index contributed by atoms with van der Waals surface area (Å²) in [6.45, 7) is 2.45. The van der Waals surface area contributed by atoms with E-state index in [1.165, 1.54) is 13.1 Å². The van der Waals surface area contributed by atoms with Crippen molar-refractivity contribution in [1.82, 2.24) is 9.55 Å². The van der Waals surface area contributed by atoms with E-state index in [9.17, 15) is 30.0 Å². The summed E-state index contributed by atoms with van der Waals surface area (Å²) in [5.74, 6) is 0.470. The van der Waals surface area contributed by atoms with Gasteiger partial charge in [0.05, 0.1) is 6.61 Å². The van der Waals surface area contributed by atoms with Crippen molar-refractivity contribution in [2.24, 2.45) is 0 Å². The molecule has 6 N–H and O–H groups in total. The minimum Gasteiger partial charge on any atom is -0.394 e. The van der Waals surface area contributed by atoms with Gasteiger partial charge in [-0.25, -0.2) is 4.79 Å². The van der Waals surface area contributed by atoms with Crippen molar-refractivity contribution in [1.29, 1.82) is 0 Å². The molecular formula is C13H22N2O7S. The minimum atomic E-state index is -1.81. The van der Waals surface area contributed by atoms with Gasteiger partial charge >= 0.3 is 5.69 Å². The van der Waals surface area contributed by atoms with Crippen LogP contribution in [-0.2, 0) is 0 Å². The summed E-state index contributed by atoms with van der Waals surface area (Å²) in [4.78, 5) is 25.5. The van der Waals surface area contributed by atoms with Gasteiger partial charge in [0.25, 0.3) is 5.56 Å². The molecule has 1 aromatic heterocycles. The number of aryl methyl sites for hydroxylation is 1. The Morgan fingerprint density at radius 2 is 1.78 bits per heavy atom. The third-order valence-corrected chi connectivity index (χ3v) is 4.51. The lowest BCUT2D eigenvalue weighted by Crippen LogP contribution is -2.49. The quantitative estimate of drug-likeness (QED) is 0.301. The van der Waals surface area contributed by atoms with Crippen LogP contribution < -0.4 is 11.2 Å². The van der Waals surface area contributed by atoms with Gasteiger partial charge in [-0.05, 0) is 12.7 Å². The van der Waals surface area contributed by atoms with Crippen LogP contribution in [0.25, 0.3) is 0 Å². The number of aromatic nitrogens is 2. The summed E-state index contributed by atoms with van der Waals surface area (Å²) in [5.41, 5.74) is -1.09. The van der Waals surface area contributed by atoms with Crippen LogP contribution in [0.2, 0.25) is 0 Å². The second kappa shape index (κ2) is 8.62. The SMILES string of the molecule is CCS[C@@H]([C@@H](O)[C@H](O)[C@H](O)[C@H](O)CO)n1cc(C)c(=O)[nH]c1=O. The van der Waals surface area contributed by atoms with Gasteiger partial charge in [0.2, 0.25) is 0 Å². The van der Waals surface area contributed by atoms with Crippen LogP contribution >= 0.6 is 11.8 Å². The molecule has 0 aromatic carbocycles. The van der Waals surface area contributed by atoms with Crippen molar-refractivity contribution in [2.45, 2.75) is 43.6 Å². The van der Waals surface area contributed by atoms with Crippen molar-refractivity contribution in [2.75, 3.05) is 12.4 Å². The predicted molar refractivity (Wildman–Crippen MR) is 84.3 cm³/mol. The Hall–Kier alpha value is -1.17. The second-order valence-electron chi connectivity index (χ2n) is 5.05. The van der Waals surface area contributed by atoms with Crippen molar-refractivity contribution >= 4 is 11.8 Å². The fourth-order valence-corrected chi connectivity index (χ4v) is 3.01. The van der Waals surface area contributed by atoms with Gasteiger partial charge in [-0.2, -0.15) is 0 Å². The Labute approximate surface area is 136 Å². The molecule has 1 aromatic rings. The molecule has 0 fully saturated rings. The van der Waals surface area contributed by atoms with Crippen LogP contribution in [0.15, 0.2) is 15.8 Å². The highest BCUT2D eigenvalue weighted by atomic mass is 32.2. The zero-order valence-electron chi connectivity index (χ0n) is 12.8. The maximum atomic E-state index is 11.9. The first-order valence-electron chi connectivity index (χ1n) is 7.01. The molecule has 9 nitrogen and oxygen atoms in total. The number of aliphatic hydroxyl groups excluding tert-OH is 5. The Kier molecular flexibility index (Phi) is 7.45. The number of hydrogen-bond acceptors (Lipinski definition) is 8. The van der Waals surface area contributed by atoms with E-state index >= 15 is 0 Å². The second-order valence-corrected chi connectivity index (χ2v) is 6.44. The van der Waals surface area contributed by atoms with Gasteiger partial charge < -0.3 is 25.5 Å². The number of hydrogen-bond donors (Lipinski definition) is 6. The van der Waals surface area contributed by atoms with Gasteiger partial charge in [0.15, 0.2) is 0 Å². The van der Waals surface area contributed by atoms with E-state index in [0.29, 0.717) is 5.75 Å². The van der Waals surface area contributed by atoms with Crippen LogP contribution in [0.5, 0.6) is 0 Å². The first-order valence-corrected chi connectivity index (χ1v) is 8.06. The molecule has 1 heterocycles. The summed E-state index contributed by atoms with van der Waals surface area (Å²) in [5, 5.41) is 47.2. The molecule has 23 heavy (non-hydrogen) atoms. The molecule has 10 heteroatoms. The summed E-state index contributed by atoms with van der Waals surface area (Å²) < 4.78 is 1.05. The molecule has 0 bridgehead atoms. The Morgan fingerprint density at radius 1 is 1.17 bits per heavy atom. The first kappa shape index (κ1) is 19.9. The molecule has 5 atom stereocenters. The molecule has 0 amide bonds. The molecule has 1 rings (SSSR count). The van der Waals surface area contributed by atoms with Crippen molar-refractivity contribution in [3.63, 3.8) is 0 Å². The molecule has 0 radical (unpaired) electrons. The van der Waals surface area contributed by atoms with E-state index in [4.69, 9.17) is 5.11 Å². The molecule has 0 aliphatic carbocycles.